The van der Waals surface area contributed by atoms with E-state index in [1.54, 1.807) is 0 Å². The molecule has 2 aromatic rings. The molecule has 2 nitrogen and oxygen atoms in total. The number of nitrogens with two attached hydrogens (primary N) is 1. The number of benzene rings is 2. The predicted molar refractivity (Wildman–Crippen MR) is 81.4 cm³/mol. The third-order valence-electron chi connectivity index (χ3n) is 3.07. The number of halogens is 2. The maximum atomic E-state index is 6.18. The fourth-order valence-corrected chi connectivity index (χ4v) is 2.61. The molecule has 0 amide bonds. The molecule has 19 heavy (non-hydrogen) atoms. The van der Waals surface area contributed by atoms with Gasteiger partial charge in [-0.3, -0.25) is 11.3 Å². The Kier molecular flexibility index (Phi) is 5.23. The molecule has 0 fully saturated rings. The Bertz CT molecular complexity index is 509. The Balaban J connectivity index is 2.11. The van der Waals surface area contributed by atoms with Crippen molar-refractivity contribution in [1.82, 2.24) is 5.43 Å². The highest BCUT2D eigenvalue weighted by Gasteiger charge is 2.13. The number of hydrogen-bond donors (Lipinski definition) is 2. The molecule has 2 aromatic carbocycles. The zero-order chi connectivity index (χ0) is 13.7. The molecule has 4 heteroatoms. The van der Waals surface area contributed by atoms with E-state index in [1.807, 2.05) is 36.4 Å². The van der Waals surface area contributed by atoms with Gasteiger partial charge in [-0.25, -0.2) is 0 Å². The Morgan fingerprint density at radius 3 is 2.11 bits per heavy atom. The smallest absolute Gasteiger partial charge is 0.0453 e. The molecule has 0 aromatic heterocycles. The monoisotopic (exact) mass is 294 g/mol. The summed E-state index contributed by atoms with van der Waals surface area (Å²) in [7, 11) is 0. The van der Waals surface area contributed by atoms with Gasteiger partial charge >= 0.3 is 0 Å². The molecular weight excluding hydrogens is 279 g/mol. The molecule has 0 aliphatic carbocycles. The molecule has 0 aliphatic heterocycles. The molecule has 0 spiro atoms. The van der Waals surface area contributed by atoms with Crippen molar-refractivity contribution in [2.24, 2.45) is 5.84 Å². The van der Waals surface area contributed by atoms with E-state index in [2.05, 4.69) is 17.6 Å². The molecule has 0 bridgehead atoms. The lowest BCUT2D eigenvalue weighted by Gasteiger charge is -2.17. The Hall–Kier alpha value is -1.06. The van der Waals surface area contributed by atoms with Crippen molar-refractivity contribution in [3.05, 3.63) is 69.7 Å². The summed E-state index contributed by atoms with van der Waals surface area (Å²) < 4.78 is 0. The largest absolute Gasteiger partial charge is 0.271 e. The summed E-state index contributed by atoms with van der Waals surface area (Å²) in [5.74, 6) is 5.63. The zero-order valence-electron chi connectivity index (χ0n) is 10.4. The third-order valence-corrected chi connectivity index (χ3v) is 3.78. The van der Waals surface area contributed by atoms with Crippen LogP contribution in [-0.2, 0) is 12.8 Å². The minimum absolute atomic E-state index is 0.0970. The minimum Gasteiger partial charge on any atom is -0.271 e. The van der Waals surface area contributed by atoms with E-state index < -0.39 is 0 Å². The van der Waals surface area contributed by atoms with E-state index in [9.17, 15) is 0 Å². The summed E-state index contributed by atoms with van der Waals surface area (Å²) in [5.41, 5.74) is 5.00. The first kappa shape index (κ1) is 14.4. The highest BCUT2D eigenvalue weighted by molar-refractivity contribution is 6.36. The Morgan fingerprint density at radius 1 is 0.895 bits per heavy atom. The standard InChI is InChI=1S/C15H16Cl2N2/c16-14-7-4-8-15(17)13(14)10-12(19-18)9-11-5-2-1-3-6-11/h1-8,12,19H,9-10,18H2. The summed E-state index contributed by atoms with van der Waals surface area (Å²) in [6.45, 7) is 0. The molecule has 0 aliphatic rings. The van der Waals surface area contributed by atoms with Crippen molar-refractivity contribution in [2.45, 2.75) is 18.9 Å². The second-order valence-electron chi connectivity index (χ2n) is 4.46. The van der Waals surface area contributed by atoms with E-state index >= 15 is 0 Å². The van der Waals surface area contributed by atoms with Crippen LogP contribution in [0, 0.1) is 0 Å². The summed E-state index contributed by atoms with van der Waals surface area (Å²) in [6, 6.07) is 15.8. The number of hydrogen-bond acceptors (Lipinski definition) is 2. The Labute approximate surface area is 123 Å². The molecule has 0 heterocycles. The summed E-state index contributed by atoms with van der Waals surface area (Å²) in [4.78, 5) is 0. The van der Waals surface area contributed by atoms with Crippen molar-refractivity contribution in [2.75, 3.05) is 0 Å². The van der Waals surface area contributed by atoms with Gasteiger partial charge < -0.3 is 0 Å². The van der Waals surface area contributed by atoms with Gasteiger partial charge in [-0.05, 0) is 36.1 Å². The lowest BCUT2D eigenvalue weighted by molar-refractivity contribution is 0.522. The molecule has 0 saturated heterocycles. The molecule has 100 valence electrons. The highest BCUT2D eigenvalue weighted by atomic mass is 35.5. The Morgan fingerprint density at radius 2 is 1.53 bits per heavy atom. The van der Waals surface area contributed by atoms with Gasteiger partial charge in [-0.1, -0.05) is 59.6 Å². The SMILES string of the molecule is NNC(Cc1ccccc1)Cc1c(Cl)cccc1Cl. The molecule has 0 saturated carbocycles. The van der Waals surface area contributed by atoms with E-state index in [0.29, 0.717) is 16.5 Å². The van der Waals surface area contributed by atoms with Gasteiger partial charge in [-0.15, -0.1) is 0 Å². The fourth-order valence-electron chi connectivity index (χ4n) is 2.06. The molecular formula is C15H16Cl2N2. The van der Waals surface area contributed by atoms with Gasteiger partial charge in [0, 0.05) is 16.1 Å². The van der Waals surface area contributed by atoms with E-state index in [1.165, 1.54) is 5.56 Å². The van der Waals surface area contributed by atoms with Crippen molar-refractivity contribution in [1.29, 1.82) is 0 Å². The summed E-state index contributed by atoms with van der Waals surface area (Å²) >= 11 is 12.4. The molecule has 3 N–H and O–H groups in total. The normalized spacial score (nSPS) is 12.4. The van der Waals surface area contributed by atoms with Crippen LogP contribution >= 0.6 is 23.2 Å². The first-order chi connectivity index (χ1) is 9.20. The zero-order valence-corrected chi connectivity index (χ0v) is 12.0. The number of hydrazine groups is 1. The van der Waals surface area contributed by atoms with Crippen LogP contribution in [0.15, 0.2) is 48.5 Å². The van der Waals surface area contributed by atoms with Crippen LogP contribution in [0.3, 0.4) is 0 Å². The molecule has 0 radical (unpaired) electrons. The molecule has 1 unspecified atom stereocenters. The lowest BCUT2D eigenvalue weighted by atomic mass is 9.99. The van der Waals surface area contributed by atoms with Crippen LogP contribution in [0.1, 0.15) is 11.1 Å². The van der Waals surface area contributed by atoms with Gasteiger partial charge in [0.2, 0.25) is 0 Å². The second kappa shape index (κ2) is 6.92. The van der Waals surface area contributed by atoms with Crippen molar-refractivity contribution < 1.29 is 0 Å². The van der Waals surface area contributed by atoms with Crippen LogP contribution in [-0.4, -0.2) is 6.04 Å². The van der Waals surface area contributed by atoms with E-state index in [0.717, 1.165) is 12.0 Å². The first-order valence-electron chi connectivity index (χ1n) is 6.13. The van der Waals surface area contributed by atoms with Crippen LogP contribution in [0.4, 0.5) is 0 Å². The number of rotatable bonds is 5. The molecule has 2 rings (SSSR count). The van der Waals surface area contributed by atoms with Crippen molar-refractivity contribution >= 4 is 23.2 Å². The van der Waals surface area contributed by atoms with Crippen LogP contribution in [0.25, 0.3) is 0 Å². The van der Waals surface area contributed by atoms with E-state index in [-0.39, 0.29) is 6.04 Å². The van der Waals surface area contributed by atoms with Gasteiger partial charge in [0.1, 0.15) is 0 Å². The van der Waals surface area contributed by atoms with Gasteiger partial charge in [0.05, 0.1) is 0 Å². The van der Waals surface area contributed by atoms with Crippen LogP contribution < -0.4 is 11.3 Å². The number of nitrogens with one attached hydrogen (secondary N) is 1. The van der Waals surface area contributed by atoms with Crippen LogP contribution in [0.2, 0.25) is 10.0 Å². The van der Waals surface area contributed by atoms with Gasteiger partial charge in [-0.2, -0.15) is 0 Å². The first-order valence-corrected chi connectivity index (χ1v) is 6.89. The average molecular weight is 295 g/mol. The predicted octanol–water partition coefficient (Wildman–Crippen LogP) is 3.61. The van der Waals surface area contributed by atoms with E-state index in [4.69, 9.17) is 29.0 Å². The van der Waals surface area contributed by atoms with Crippen LogP contribution in [0.5, 0.6) is 0 Å². The quantitative estimate of drug-likeness (QED) is 0.653. The summed E-state index contributed by atoms with van der Waals surface area (Å²) in [5, 5.41) is 1.36. The molecule has 1 atom stereocenters. The minimum atomic E-state index is 0.0970. The second-order valence-corrected chi connectivity index (χ2v) is 5.27. The lowest BCUT2D eigenvalue weighted by Crippen LogP contribution is -2.38. The van der Waals surface area contributed by atoms with Crippen molar-refractivity contribution in [3.63, 3.8) is 0 Å². The topological polar surface area (TPSA) is 38.0 Å². The van der Waals surface area contributed by atoms with Gasteiger partial charge in [0.25, 0.3) is 0 Å². The fraction of sp³-hybridized carbons (Fsp3) is 0.200. The van der Waals surface area contributed by atoms with Crippen molar-refractivity contribution in [3.8, 4) is 0 Å². The average Bonchev–Trinajstić information content (AvgIpc) is 2.43. The third kappa shape index (κ3) is 3.95. The highest BCUT2D eigenvalue weighted by Crippen LogP contribution is 2.26. The van der Waals surface area contributed by atoms with Gasteiger partial charge in [0.15, 0.2) is 0 Å². The summed E-state index contributed by atoms with van der Waals surface area (Å²) in [6.07, 6.45) is 1.53. The maximum Gasteiger partial charge on any atom is 0.0453 e. The maximum absolute atomic E-state index is 6.18.